The van der Waals surface area contributed by atoms with Crippen LogP contribution in [0, 0.1) is 0 Å². The Bertz CT molecular complexity index is 1660. The number of aryl methyl sites for hydroxylation is 1. The fraction of sp³-hybridized carbons (Fsp3) is 0.371. The van der Waals surface area contributed by atoms with Gasteiger partial charge >= 0.3 is 0 Å². The summed E-state index contributed by atoms with van der Waals surface area (Å²) in [6.07, 6.45) is 3.09. The van der Waals surface area contributed by atoms with Crippen molar-refractivity contribution in [2.75, 3.05) is 26.7 Å². The molecule has 11 nitrogen and oxygen atoms in total. The molecular formula is C35H42N6O5. The van der Waals surface area contributed by atoms with Gasteiger partial charge in [0.15, 0.2) is 0 Å². The standard InChI is InChI=1S/C35H42N6O5/c1-4-26-14-15-27(46-26)21-41-17-16-36-34(44)30(18-24-10-6-5-7-11-24)39-33(43)23(2)40(3)35(45)31(38-32(42)22-41)19-25-20-37-29-13-9-8-12-28(25)29/h5-15,20,23,30-31,37H,4,16-19,21-22H2,1-3H3,(H,36,44)(H,38,42)(H,39,43)/t23-,30-,31-/m0/s1. The Hall–Kier alpha value is -4.90. The maximum atomic E-state index is 14.0. The first-order chi connectivity index (χ1) is 22.2. The third kappa shape index (κ3) is 8.02. The van der Waals surface area contributed by atoms with Gasteiger partial charge in [0.05, 0.1) is 13.1 Å². The van der Waals surface area contributed by atoms with Crippen LogP contribution in [0.25, 0.3) is 10.9 Å². The molecule has 1 fully saturated rings. The summed E-state index contributed by atoms with van der Waals surface area (Å²) in [5.41, 5.74) is 2.68. The second-order valence-electron chi connectivity index (χ2n) is 11.8. The highest BCUT2D eigenvalue weighted by molar-refractivity contribution is 5.95. The largest absolute Gasteiger partial charge is 0.465 e. The lowest BCUT2D eigenvalue weighted by Crippen LogP contribution is -2.57. The Morgan fingerprint density at radius 2 is 1.59 bits per heavy atom. The second-order valence-corrected chi connectivity index (χ2v) is 11.8. The van der Waals surface area contributed by atoms with Crippen molar-refractivity contribution < 1.29 is 23.6 Å². The Morgan fingerprint density at radius 1 is 0.848 bits per heavy atom. The molecule has 2 aromatic carbocycles. The zero-order valence-electron chi connectivity index (χ0n) is 26.5. The fourth-order valence-corrected chi connectivity index (χ4v) is 5.72. The van der Waals surface area contributed by atoms with Crippen LogP contribution in [0.2, 0.25) is 0 Å². The van der Waals surface area contributed by atoms with Gasteiger partial charge in [-0.2, -0.15) is 0 Å². The number of aromatic nitrogens is 1. The molecule has 4 aromatic rings. The summed E-state index contributed by atoms with van der Waals surface area (Å²) < 4.78 is 5.92. The highest BCUT2D eigenvalue weighted by Crippen LogP contribution is 2.20. The number of carbonyl (C=O) groups is 4. The number of nitrogens with zero attached hydrogens (tertiary/aromatic N) is 2. The molecule has 11 heteroatoms. The molecule has 4 N–H and O–H groups in total. The summed E-state index contributed by atoms with van der Waals surface area (Å²) >= 11 is 0. The summed E-state index contributed by atoms with van der Waals surface area (Å²) in [5.74, 6) is -0.0407. The number of hydrogen-bond donors (Lipinski definition) is 4. The predicted molar refractivity (Wildman–Crippen MR) is 175 cm³/mol. The number of carbonyl (C=O) groups excluding carboxylic acids is 4. The third-order valence-electron chi connectivity index (χ3n) is 8.50. The minimum atomic E-state index is -0.936. The van der Waals surface area contributed by atoms with Gasteiger partial charge in [0.2, 0.25) is 23.6 Å². The number of rotatable bonds is 7. The summed E-state index contributed by atoms with van der Waals surface area (Å²) in [4.78, 5) is 61.0. The highest BCUT2D eigenvalue weighted by Gasteiger charge is 2.33. The van der Waals surface area contributed by atoms with Gasteiger partial charge in [0.25, 0.3) is 0 Å². The minimum Gasteiger partial charge on any atom is -0.465 e. The molecule has 1 saturated heterocycles. The molecule has 0 radical (unpaired) electrons. The number of hydrogen-bond acceptors (Lipinski definition) is 6. The van der Waals surface area contributed by atoms with Crippen molar-refractivity contribution in [2.24, 2.45) is 0 Å². The van der Waals surface area contributed by atoms with Crippen LogP contribution < -0.4 is 16.0 Å². The number of H-pyrrole nitrogens is 1. The Morgan fingerprint density at radius 3 is 2.35 bits per heavy atom. The average Bonchev–Trinajstić information content (AvgIpc) is 3.69. The van der Waals surface area contributed by atoms with Crippen LogP contribution in [-0.4, -0.2) is 83.2 Å². The van der Waals surface area contributed by atoms with E-state index >= 15 is 0 Å². The topological polar surface area (TPSA) is 140 Å². The molecular weight excluding hydrogens is 584 g/mol. The van der Waals surface area contributed by atoms with Crippen LogP contribution in [0.1, 0.15) is 36.5 Å². The molecule has 2 aromatic heterocycles. The van der Waals surface area contributed by atoms with Crippen LogP contribution in [0.4, 0.5) is 0 Å². The Kier molecular flexibility index (Phi) is 10.5. The molecule has 3 atom stereocenters. The lowest BCUT2D eigenvalue weighted by molar-refractivity contribution is -0.142. The van der Waals surface area contributed by atoms with Gasteiger partial charge in [-0.3, -0.25) is 24.1 Å². The van der Waals surface area contributed by atoms with Crippen LogP contribution >= 0.6 is 0 Å². The number of nitrogens with one attached hydrogen (secondary N) is 4. The molecule has 0 bridgehead atoms. The van der Waals surface area contributed by atoms with E-state index in [4.69, 9.17) is 4.42 Å². The predicted octanol–water partition coefficient (Wildman–Crippen LogP) is 2.56. The number of furan rings is 1. The minimum absolute atomic E-state index is 0.0282. The van der Waals surface area contributed by atoms with E-state index in [1.807, 2.05) is 84.8 Å². The van der Waals surface area contributed by atoms with Crippen molar-refractivity contribution in [3.63, 3.8) is 0 Å². The molecule has 0 aliphatic carbocycles. The lowest BCUT2D eigenvalue weighted by atomic mass is 10.0. The van der Waals surface area contributed by atoms with E-state index in [0.717, 1.165) is 34.2 Å². The van der Waals surface area contributed by atoms with Gasteiger partial charge in [-0.15, -0.1) is 0 Å². The molecule has 0 unspecified atom stereocenters. The summed E-state index contributed by atoms with van der Waals surface area (Å²) in [6.45, 7) is 4.50. The Balaban J connectivity index is 1.44. The van der Waals surface area contributed by atoms with Gasteiger partial charge in [0.1, 0.15) is 29.6 Å². The van der Waals surface area contributed by atoms with E-state index in [1.165, 1.54) is 4.90 Å². The second kappa shape index (κ2) is 14.9. The lowest BCUT2D eigenvalue weighted by Gasteiger charge is -2.30. The van der Waals surface area contributed by atoms with Crippen molar-refractivity contribution >= 4 is 34.5 Å². The van der Waals surface area contributed by atoms with Crippen LogP contribution in [0.5, 0.6) is 0 Å². The van der Waals surface area contributed by atoms with Crippen molar-refractivity contribution in [3.05, 3.63) is 95.6 Å². The highest BCUT2D eigenvalue weighted by atomic mass is 16.3. The van der Waals surface area contributed by atoms with Gasteiger partial charge < -0.3 is 30.3 Å². The Labute approximate surface area is 268 Å². The molecule has 0 spiro atoms. The molecule has 4 amide bonds. The molecule has 0 saturated carbocycles. The maximum Gasteiger partial charge on any atom is 0.245 e. The van der Waals surface area contributed by atoms with Crippen LogP contribution in [0.15, 0.2) is 77.3 Å². The van der Waals surface area contributed by atoms with Crippen molar-refractivity contribution in [2.45, 2.75) is 57.8 Å². The van der Waals surface area contributed by atoms with Gasteiger partial charge in [-0.1, -0.05) is 55.5 Å². The van der Waals surface area contributed by atoms with E-state index in [1.54, 1.807) is 14.0 Å². The number of likely N-dealkylation sites (N-methyl/N-ethyl adjacent to an activating group) is 1. The maximum absolute atomic E-state index is 14.0. The van der Waals surface area contributed by atoms with E-state index in [-0.39, 0.29) is 37.7 Å². The molecule has 46 heavy (non-hydrogen) atoms. The van der Waals surface area contributed by atoms with E-state index in [2.05, 4.69) is 20.9 Å². The number of amides is 4. The average molecular weight is 627 g/mol. The summed E-state index contributed by atoms with van der Waals surface area (Å²) in [5, 5.41) is 9.72. The molecule has 1 aliphatic rings. The van der Waals surface area contributed by atoms with Crippen molar-refractivity contribution in [1.82, 2.24) is 30.7 Å². The number of benzene rings is 2. The third-order valence-corrected chi connectivity index (χ3v) is 8.50. The first-order valence-electron chi connectivity index (χ1n) is 15.7. The molecule has 5 rings (SSSR count). The first kappa shape index (κ1) is 32.5. The van der Waals surface area contributed by atoms with Gasteiger partial charge in [-0.05, 0) is 36.2 Å². The van der Waals surface area contributed by atoms with Gasteiger partial charge in [0, 0.05) is 56.5 Å². The van der Waals surface area contributed by atoms with Gasteiger partial charge in [-0.25, -0.2) is 0 Å². The number of para-hydroxylation sites is 1. The summed E-state index contributed by atoms with van der Waals surface area (Å²) in [7, 11) is 1.54. The van der Waals surface area contributed by atoms with E-state index in [9.17, 15) is 19.2 Å². The molecule has 1 aliphatic heterocycles. The fourth-order valence-electron chi connectivity index (χ4n) is 5.72. The zero-order valence-corrected chi connectivity index (χ0v) is 26.5. The van der Waals surface area contributed by atoms with E-state index < -0.39 is 29.9 Å². The molecule has 242 valence electrons. The quantitative estimate of drug-likeness (QED) is 0.249. The SMILES string of the molecule is CCc1ccc(CN2CCNC(=O)[C@H](Cc3ccccc3)NC(=O)[C@H](C)N(C)C(=O)[C@H](Cc3c[nH]c4ccccc34)NC(=O)C2)o1. The number of aromatic amines is 1. The smallest absolute Gasteiger partial charge is 0.245 e. The van der Waals surface area contributed by atoms with Crippen molar-refractivity contribution in [3.8, 4) is 0 Å². The van der Waals surface area contributed by atoms with Crippen LogP contribution in [0.3, 0.4) is 0 Å². The van der Waals surface area contributed by atoms with E-state index in [0.29, 0.717) is 18.8 Å². The monoisotopic (exact) mass is 626 g/mol. The van der Waals surface area contributed by atoms with Crippen LogP contribution in [-0.2, 0) is 45.0 Å². The number of fused-ring (bicyclic) bond motifs is 1. The van der Waals surface area contributed by atoms with Crippen molar-refractivity contribution in [1.29, 1.82) is 0 Å². The first-order valence-corrected chi connectivity index (χ1v) is 15.7. The zero-order chi connectivity index (χ0) is 32.6. The summed E-state index contributed by atoms with van der Waals surface area (Å²) in [6, 6.07) is 18.3. The normalized spacial score (nSPS) is 20.9. The molecule has 3 heterocycles.